The molecule has 2 N–H and O–H groups in total. The van der Waals surface area contributed by atoms with Crippen LogP contribution >= 0.6 is 35.3 Å². The summed E-state index contributed by atoms with van der Waals surface area (Å²) in [4.78, 5) is 18.5. The molecule has 0 saturated heterocycles. The van der Waals surface area contributed by atoms with Gasteiger partial charge in [0.15, 0.2) is 5.96 Å². The number of pyridine rings is 1. The number of hydrogen-bond donors (Lipinski definition) is 2. The Morgan fingerprint density at radius 3 is 3.00 bits per heavy atom. The van der Waals surface area contributed by atoms with E-state index < -0.39 is 0 Å². The number of hydrogen-bond acceptors (Lipinski definition) is 4. The molecule has 0 saturated carbocycles. The molecule has 0 radical (unpaired) electrons. The summed E-state index contributed by atoms with van der Waals surface area (Å²) >= 11 is 1.68. The summed E-state index contributed by atoms with van der Waals surface area (Å²) in [5.74, 6) is 0.874. The van der Waals surface area contributed by atoms with Crippen LogP contribution in [0.15, 0.2) is 34.9 Å². The van der Waals surface area contributed by atoms with Gasteiger partial charge >= 0.3 is 0 Å². The van der Waals surface area contributed by atoms with Crippen LogP contribution in [0.4, 0.5) is 0 Å². The maximum Gasteiger partial charge on any atom is 0.193 e. The lowest BCUT2D eigenvalue weighted by atomic mass is 10.1. The Morgan fingerprint density at radius 1 is 1.44 bits per heavy atom. The number of nitrogens with zero attached hydrogens (tertiary/aromatic N) is 4. The standard InChI is InChI=1S/C17H22N6S.HI/c1-12-22-14(11-24-12)10-23(3)17(18-2)20-8-6-13-9-21-16-15(13)5-4-7-19-16;/h4-5,7,9,11H,6,8,10H2,1-3H3,(H,18,20)(H,19,21);1H. The van der Waals surface area contributed by atoms with E-state index in [4.69, 9.17) is 0 Å². The van der Waals surface area contributed by atoms with Crippen molar-refractivity contribution < 1.29 is 0 Å². The van der Waals surface area contributed by atoms with E-state index in [0.717, 1.165) is 41.8 Å². The van der Waals surface area contributed by atoms with Gasteiger partial charge in [0.05, 0.1) is 17.2 Å². The first-order chi connectivity index (χ1) is 11.7. The molecule has 8 heteroatoms. The molecule has 3 aromatic rings. The van der Waals surface area contributed by atoms with Crippen molar-refractivity contribution in [2.75, 3.05) is 20.6 Å². The summed E-state index contributed by atoms with van der Waals surface area (Å²) in [5.41, 5.74) is 3.28. The molecular weight excluding hydrogens is 447 g/mol. The molecule has 0 bridgehead atoms. The Bertz CT molecular complexity index is 840. The van der Waals surface area contributed by atoms with Crippen molar-refractivity contribution >= 4 is 52.3 Å². The van der Waals surface area contributed by atoms with Gasteiger partial charge in [-0.05, 0) is 31.0 Å². The molecule has 3 rings (SSSR count). The highest BCUT2D eigenvalue weighted by atomic mass is 127. The average Bonchev–Trinajstić information content (AvgIpc) is 3.18. The molecule has 25 heavy (non-hydrogen) atoms. The number of aromatic amines is 1. The average molecular weight is 470 g/mol. The van der Waals surface area contributed by atoms with E-state index in [1.807, 2.05) is 26.2 Å². The van der Waals surface area contributed by atoms with Gasteiger partial charge in [-0.3, -0.25) is 4.99 Å². The Morgan fingerprint density at radius 2 is 2.28 bits per heavy atom. The van der Waals surface area contributed by atoms with Crippen molar-refractivity contribution in [2.24, 2.45) is 4.99 Å². The Hall–Kier alpha value is -1.68. The zero-order chi connectivity index (χ0) is 16.9. The molecule has 0 aliphatic heterocycles. The Balaban J connectivity index is 0.00000225. The minimum absolute atomic E-state index is 0. The normalized spacial score (nSPS) is 11.4. The molecule has 134 valence electrons. The number of thiazole rings is 1. The monoisotopic (exact) mass is 470 g/mol. The summed E-state index contributed by atoms with van der Waals surface area (Å²) in [6.45, 7) is 3.59. The van der Waals surface area contributed by atoms with E-state index in [2.05, 4.69) is 41.6 Å². The number of aryl methyl sites for hydroxylation is 1. The second-order valence-corrected chi connectivity index (χ2v) is 6.71. The molecule has 0 fully saturated rings. The highest BCUT2D eigenvalue weighted by Crippen LogP contribution is 2.15. The van der Waals surface area contributed by atoms with Crippen LogP contribution in [-0.2, 0) is 13.0 Å². The molecule has 6 nitrogen and oxygen atoms in total. The molecule has 0 atom stereocenters. The first-order valence-corrected chi connectivity index (χ1v) is 8.79. The number of halogens is 1. The van der Waals surface area contributed by atoms with Crippen LogP contribution in [0.2, 0.25) is 0 Å². The van der Waals surface area contributed by atoms with E-state index >= 15 is 0 Å². The predicted octanol–water partition coefficient (Wildman–Crippen LogP) is 3.20. The molecule has 0 unspecified atom stereocenters. The van der Waals surface area contributed by atoms with Crippen molar-refractivity contribution in [1.82, 2.24) is 25.2 Å². The maximum atomic E-state index is 4.51. The van der Waals surface area contributed by atoms with Gasteiger partial charge in [-0.15, -0.1) is 35.3 Å². The van der Waals surface area contributed by atoms with E-state index in [1.165, 1.54) is 10.9 Å². The second kappa shape index (κ2) is 9.14. The second-order valence-electron chi connectivity index (χ2n) is 5.65. The highest BCUT2D eigenvalue weighted by Gasteiger charge is 2.09. The quantitative estimate of drug-likeness (QED) is 0.342. The lowest BCUT2D eigenvalue weighted by molar-refractivity contribution is 0.471. The van der Waals surface area contributed by atoms with Crippen LogP contribution in [0.25, 0.3) is 11.0 Å². The van der Waals surface area contributed by atoms with Crippen molar-refractivity contribution in [2.45, 2.75) is 19.9 Å². The summed E-state index contributed by atoms with van der Waals surface area (Å²) in [7, 11) is 3.83. The van der Waals surface area contributed by atoms with Gasteiger partial charge in [-0.1, -0.05) is 0 Å². The van der Waals surface area contributed by atoms with Gasteiger partial charge in [0, 0.05) is 43.8 Å². The van der Waals surface area contributed by atoms with Crippen LogP contribution in [0.3, 0.4) is 0 Å². The molecule has 3 heterocycles. The number of aliphatic imine (C=N–C) groups is 1. The Kier molecular flexibility index (Phi) is 7.18. The number of aromatic nitrogens is 3. The van der Waals surface area contributed by atoms with E-state index in [-0.39, 0.29) is 24.0 Å². The largest absolute Gasteiger partial charge is 0.356 e. The summed E-state index contributed by atoms with van der Waals surface area (Å²) in [5, 5.41) is 7.78. The maximum absolute atomic E-state index is 4.51. The fourth-order valence-electron chi connectivity index (χ4n) is 2.71. The van der Waals surface area contributed by atoms with Crippen molar-refractivity contribution in [3.8, 4) is 0 Å². The molecule has 0 aliphatic carbocycles. The predicted molar refractivity (Wildman–Crippen MR) is 115 cm³/mol. The number of rotatable bonds is 5. The van der Waals surface area contributed by atoms with Crippen molar-refractivity contribution in [3.63, 3.8) is 0 Å². The molecule has 0 aliphatic rings. The van der Waals surface area contributed by atoms with E-state index in [9.17, 15) is 0 Å². The van der Waals surface area contributed by atoms with Crippen LogP contribution in [-0.4, -0.2) is 46.5 Å². The zero-order valence-electron chi connectivity index (χ0n) is 14.6. The van der Waals surface area contributed by atoms with Crippen LogP contribution in [0.5, 0.6) is 0 Å². The van der Waals surface area contributed by atoms with Crippen molar-refractivity contribution in [1.29, 1.82) is 0 Å². The van der Waals surface area contributed by atoms with Crippen LogP contribution in [0, 0.1) is 6.92 Å². The molecule has 3 aromatic heterocycles. The van der Waals surface area contributed by atoms with Gasteiger partial charge in [-0.25, -0.2) is 9.97 Å². The van der Waals surface area contributed by atoms with E-state index in [1.54, 1.807) is 24.6 Å². The number of guanidine groups is 1. The summed E-state index contributed by atoms with van der Waals surface area (Å²) in [6, 6.07) is 4.06. The third-order valence-electron chi connectivity index (χ3n) is 3.85. The van der Waals surface area contributed by atoms with E-state index in [0.29, 0.717) is 0 Å². The SMILES string of the molecule is CN=C(NCCc1c[nH]c2ncccc12)N(C)Cc1csc(C)n1.I. The molecular formula is C17H23IN6S. The smallest absolute Gasteiger partial charge is 0.193 e. The fraction of sp³-hybridized carbons (Fsp3) is 0.353. The number of fused-ring (bicyclic) bond motifs is 1. The minimum Gasteiger partial charge on any atom is -0.356 e. The van der Waals surface area contributed by atoms with Gasteiger partial charge in [0.2, 0.25) is 0 Å². The molecule has 0 amide bonds. The highest BCUT2D eigenvalue weighted by molar-refractivity contribution is 14.0. The number of nitrogens with one attached hydrogen (secondary N) is 2. The van der Waals surface area contributed by atoms with Gasteiger partial charge in [0.1, 0.15) is 5.65 Å². The van der Waals surface area contributed by atoms with Gasteiger partial charge < -0.3 is 15.2 Å². The lowest BCUT2D eigenvalue weighted by Gasteiger charge is -2.21. The van der Waals surface area contributed by atoms with Crippen LogP contribution in [0.1, 0.15) is 16.3 Å². The summed E-state index contributed by atoms with van der Waals surface area (Å²) < 4.78 is 0. The minimum atomic E-state index is 0. The third-order valence-corrected chi connectivity index (χ3v) is 4.68. The van der Waals surface area contributed by atoms with Crippen LogP contribution < -0.4 is 5.32 Å². The fourth-order valence-corrected chi connectivity index (χ4v) is 3.32. The zero-order valence-corrected chi connectivity index (χ0v) is 17.8. The van der Waals surface area contributed by atoms with Gasteiger partial charge in [0.25, 0.3) is 0 Å². The van der Waals surface area contributed by atoms with Crippen molar-refractivity contribution in [3.05, 3.63) is 46.2 Å². The molecule has 0 aromatic carbocycles. The third kappa shape index (κ3) is 4.91. The number of H-pyrrole nitrogens is 1. The first-order valence-electron chi connectivity index (χ1n) is 7.91. The Labute approximate surface area is 168 Å². The van der Waals surface area contributed by atoms with Gasteiger partial charge in [-0.2, -0.15) is 0 Å². The molecule has 0 spiro atoms. The lowest BCUT2D eigenvalue weighted by Crippen LogP contribution is -2.39. The first kappa shape index (κ1) is 19.6. The topological polar surface area (TPSA) is 69.2 Å². The summed E-state index contributed by atoms with van der Waals surface area (Å²) in [6.07, 6.45) is 4.75.